The van der Waals surface area contributed by atoms with Crippen molar-refractivity contribution >= 4 is 11.8 Å². The van der Waals surface area contributed by atoms with Gasteiger partial charge in [-0.2, -0.15) is 0 Å². The summed E-state index contributed by atoms with van der Waals surface area (Å²) in [7, 11) is 2.09. The summed E-state index contributed by atoms with van der Waals surface area (Å²) in [4.78, 5) is 29.9. The lowest BCUT2D eigenvalue weighted by atomic mass is 9.99. The SMILES string of the molecule is CN(CCc1ccccn1)CC1CC(c2ccc(CO)cc2)OC(c2ccc(CNC(=O)CCCC(=O)NO)cc2)O1. The molecule has 10 heteroatoms. The number of pyridine rings is 1. The normalized spacial score (nSPS) is 18.5. The topological polar surface area (TPSA) is 133 Å². The maximum atomic E-state index is 12.1. The van der Waals surface area contributed by atoms with E-state index < -0.39 is 12.2 Å². The van der Waals surface area contributed by atoms with Crippen LogP contribution in [0.2, 0.25) is 0 Å². The fraction of sp³-hybridized carbons (Fsp3) is 0.406. The third-order valence-electron chi connectivity index (χ3n) is 7.28. The van der Waals surface area contributed by atoms with Gasteiger partial charge in [-0.15, -0.1) is 0 Å². The molecule has 1 aromatic heterocycles. The number of aliphatic hydroxyl groups excluding tert-OH is 1. The van der Waals surface area contributed by atoms with Crippen LogP contribution < -0.4 is 10.8 Å². The molecule has 224 valence electrons. The second kappa shape index (κ2) is 16.1. The minimum Gasteiger partial charge on any atom is -0.392 e. The van der Waals surface area contributed by atoms with E-state index in [2.05, 4.69) is 22.2 Å². The van der Waals surface area contributed by atoms with Crippen molar-refractivity contribution in [1.29, 1.82) is 0 Å². The van der Waals surface area contributed by atoms with E-state index in [0.717, 1.165) is 47.5 Å². The molecular weight excluding hydrogens is 536 g/mol. The molecule has 1 aliphatic rings. The lowest BCUT2D eigenvalue weighted by molar-refractivity contribution is -0.252. The Morgan fingerprint density at radius 2 is 1.67 bits per heavy atom. The fourth-order valence-electron chi connectivity index (χ4n) is 4.87. The van der Waals surface area contributed by atoms with Crippen molar-refractivity contribution in [2.24, 2.45) is 0 Å². The van der Waals surface area contributed by atoms with Gasteiger partial charge in [-0.25, -0.2) is 5.48 Å². The number of carbonyl (C=O) groups excluding carboxylic acids is 2. The van der Waals surface area contributed by atoms with Crippen LogP contribution in [0.4, 0.5) is 0 Å². The molecule has 0 spiro atoms. The zero-order valence-corrected chi connectivity index (χ0v) is 23.9. The zero-order chi connectivity index (χ0) is 29.7. The number of nitrogens with zero attached hydrogens (tertiary/aromatic N) is 2. The van der Waals surface area contributed by atoms with E-state index in [-0.39, 0.29) is 37.6 Å². The van der Waals surface area contributed by atoms with Crippen LogP contribution in [0.25, 0.3) is 0 Å². The minimum absolute atomic E-state index is 0.00506. The summed E-state index contributed by atoms with van der Waals surface area (Å²) in [5.41, 5.74) is 6.33. The van der Waals surface area contributed by atoms with Gasteiger partial charge in [0.15, 0.2) is 6.29 Å². The number of hydrogen-bond acceptors (Lipinski definition) is 8. The van der Waals surface area contributed by atoms with Gasteiger partial charge in [0, 0.05) is 62.8 Å². The Labute approximate surface area is 246 Å². The summed E-state index contributed by atoms with van der Waals surface area (Å²) in [6, 6.07) is 21.6. The van der Waals surface area contributed by atoms with E-state index in [1.165, 1.54) is 0 Å². The lowest BCUT2D eigenvalue weighted by Crippen LogP contribution is -2.38. The third-order valence-corrected chi connectivity index (χ3v) is 7.28. The molecule has 1 saturated heterocycles. The highest BCUT2D eigenvalue weighted by Gasteiger charge is 2.32. The van der Waals surface area contributed by atoms with Gasteiger partial charge in [0.2, 0.25) is 11.8 Å². The molecule has 0 bridgehead atoms. The molecule has 2 aromatic carbocycles. The summed E-state index contributed by atoms with van der Waals surface area (Å²) in [5.74, 6) is -0.665. The maximum Gasteiger partial charge on any atom is 0.243 e. The number of amides is 2. The predicted octanol–water partition coefficient (Wildman–Crippen LogP) is 3.59. The van der Waals surface area contributed by atoms with Crippen molar-refractivity contribution in [3.05, 3.63) is 101 Å². The minimum atomic E-state index is -0.559. The molecule has 42 heavy (non-hydrogen) atoms. The first kappa shape index (κ1) is 31.3. The van der Waals surface area contributed by atoms with E-state index in [4.69, 9.17) is 14.7 Å². The maximum absolute atomic E-state index is 12.1. The summed E-state index contributed by atoms with van der Waals surface area (Å²) < 4.78 is 12.9. The van der Waals surface area contributed by atoms with E-state index >= 15 is 0 Å². The van der Waals surface area contributed by atoms with Gasteiger partial charge in [-0.05, 0) is 42.3 Å². The van der Waals surface area contributed by atoms with Crippen molar-refractivity contribution in [2.45, 2.75) is 63.8 Å². The predicted molar refractivity (Wildman–Crippen MR) is 156 cm³/mol. The Hall–Kier alpha value is -3.67. The van der Waals surface area contributed by atoms with E-state index in [1.807, 2.05) is 72.9 Å². The molecule has 3 atom stereocenters. The molecule has 1 aliphatic heterocycles. The van der Waals surface area contributed by atoms with Crippen LogP contribution >= 0.6 is 0 Å². The highest BCUT2D eigenvalue weighted by Crippen LogP contribution is 2.38. The van der Waals surface area contributed by atoms with Crippen LogP contribution in [-0.2, 0) is 38.6 Å². The number of nitrogens with one attached hydrogen (secondary N) is 2. The number of aromatic nitrogens is 1. The Bertz CT molecular complexity index is 1260. The summed E-state index contributed by atoms with van der Waals surface area (Å²) in [5, 5.41) is 20.9. The van der Waals surface area contributed by atoms with Crippen molar-refractivity contribution in [2.75, 3.05) is 20.1 Å². The Morgan fingerprint density at radius 3 is 2.36 bits per heavy atom. The average Bonchev–Trinajstić information content (AvgIpc) is 3.03. The van der Waals surface area contributed by atoms with Crippen molar-refractivity contribution in [3.63, 3.8) is 0 Å². The van der Waals surface area contributed by atoms with Gasteiger partial charge < -0.3 is 24.8 Å². The smallest absolute Gasteiger partial charge is 0.243 e. The number of carbonyl (C=O) groups is 2. The fourth-order valence-corrected chi connectivity index (χ4v) is 4.87. The van der Waals surface area contributed by atoms with Crippen LogP contribution in [0, 0.1) is 0 Å². The third kappa shape index (κ3) is 9.71. The highest BCUT2D eigenvalue weighted by atomic mass is 16.7. The van der Waals surface area contributed by atoms with Crippen LogP contribution in [0.1, 0.15) is 66.0 Å². The summed E-state index contributed by atoms with van der Waals surface area (Å²) in [6.07, 6.45) is 3.23. The van der Waals surface area contributed by atoms with Gasteiger partial charge in [0.25, 0.3) is 0 Å². The number of ether oxygens (including phenoxy) is 2. The average molecular weight is 577 g/mol. The zero-order valence-electron chi connectivity index (χ0n) is 23.9. The molecule has 4 rings (SSSR count). The second-order valence-corrected chi connectivity index (χ2v) is 10.6. The highest BCUT2D eigenvalue weighted by molar-refractivity contribution is 5.78. The number of hydroxylamine groups is 1. The molecular formula is C32H40N4O6. The van der Waals surface area contributed by atoms with Gasteiger partial charge in [0.1, 0.15) is 0 Å². The van der Waals surface area contributed by atoms with Gasteiger partial charge in [-0.3, -0.25) is 19.8 Å². The van der Waals surface area contributed by atoms with E-state index in [1.54, 1.807) is 5.48 Å². The monoisotopic (exact) mass is 576 g/mol. The largest absolute Gasteiger partial charge is 0.392 e. The molecule has 0 aliphatic carbocycles. The number of benzene rings is 2. The van der Waals surface area contributed by atoms with Gasteiger partial charge in [0.05, 0.1) is 18.8 Å². The molecule has 2 heterocycles. The number of likely N-dealkylation sites (N-methyl/N-ethyl adjacent to an activating group) is 1. The Balaban J connectivity index is 1.37. The van der Waals surface area contributed by atoms with Crippen LogP contribution in [-0.4, -0.2) is 58.3 Å². The van der Waals surface area contributed by atoms with Crippen LogP contribution in [0.15, 0.2) is 72.9 Å². The first-order chi connectivity index (χ1) is 20.4. The number of rotatable bonds is 14. The molecule has 0 saturated carbocycles. The molecule has 4 N–H and O–H groups in total. The molecule has 0 radical (unpaired) electrons. The van der Waals surface area contributed by atoms with Gasteiger partial charge in [-0.1, -0.05) is 54.6 Å². The summed E-state index contributed by atoms with van der Waals surface area (Å²) >= 11 is 0. The van der Waals surface area contributed by atoms with Crippen molar-refractivity contribution in [3.8, 4) is 0 Å². The molecule has 2 amide bonds. The van der Waals surface area contributed by atoms with E-state index in [9.17, 15) is 14.7 Å². The molecule has 10 nitrogen and oxygen atoms in total. The van der Waals surface area contributed by atoms with Gasteiger partial charge >= 0.3 is 0 Å². The van der Waals surface area contributed by atoms with Crippen molar-refractivity contribution in [1.82, 2.24) is 20.7 Å². The lowest BCUT2D eigenvalue weighted by Gasteiger charge is -2.38. The first-order valence-corrected chi connectivity index (χ1v) is 14.3. The number of aliphatic hydroxyl groups is 1. The van der Waals surface area contributed by atoms with E-state index in [0.29, 0.717) is 19.4 Å². The Kier molecular flexibility index (Phi) is 12.0. The standard InChI is InChI=1S/C32H40N4O6/c1-36(18-16-27-5-2-3-17-33-27)21-28-19-29(25-12-10-24(22-37)11-13-25)42-32(41-28)26-14-8-23(9-15-26)20-34-30(38)6-4-7-31(39)35-40/h2-3,5,8-15,17,28-29,32,37,40H,4,6-7,16,18-22H2,1H3,(H,34,38)(H,35,39). The summed E-state index contributed by atoms with van der Waals surface area (Å²) in [6.45, 7) is 1.95. The molecule has 3 unspecified atom stereocenters. The second-order valence-electron chi connectivity index (χ2n) is 10.6. The molecule has 3 aromatic rings. The van der Waals surface area contributed by atoms with Crippen molar-refractivity contribution < 1.29 is 29.4 Å². The first-order valence-electron chi connectivity index (χ1n) is 14.3. The van der Waals surface area contributed by atoms with Crippen LogP contribution in [0.5, 0.6) is 0 Å². The molecule has 1 fully saturated rings. The number of hydrogen-bond donors (Lipinski definition) is 4. The quantitative estimate of drug-likeness (QED) is 0.169. The van der Waals surface area contributed by atoms with Crippen LogP contribution in [0.3, 0.4) is 0 Å². The Morgan fingerprint density at radius 1 is 0.952 bits per heavy atom.